The molecule has 0 saturated carbocycles. The van der Waals surface area contributed by atoms with E-state index >= 15 is 0 Å². The molecule has 2 N–H and O–H groups in total. The minimum atomic E-state index is 0.192. The van der Waals surface area contributed by atoms with Gasteiger partial charge >= 0.3 is 0 Å². The predicted octanol–water partition coefficient (Wildman–Crippen LogP) is 3.74. The van der Waals surface area contributed by atoms with Gasteiger partial charge in [-0.15, -0.1) is 0 Å². The van der Waals surface area contributed by atoms with Gasteiger partial charge in [0.2, 0.25) is 0 Å². The first-order chi connectivity index (χ1) is 10.3. The van der Waals surface area contributed by atoms with E-state index in [1.165, 1.54) is 50.8 Å². The maximum Gasteiger partial charge on any atom is 0.118 e. The van der Waals surface area contributed by atoms with Crippen LogP contribution in [0.4, 0.5) is 0 Å². The standard InChI is InChI=1S/C18H30N2O/c1-3-17(19)18(15-9-11-16(21-2)12-10-15)20-13-7-5-4-6-8-14-20/h9-12,17-18H,3-8,13-14,19H2,1-2H3. The van der Waals surface area contributed by atoms with Crippen molar-refractivity contribution in [2.45, 2.75) is 57.5 Å². The van der Waals surface area contributed by atoms with Crippen LogP contribution in [-0.4, -0.2) is 31.1 Å². The first-order valence-electron chi connectivity index (χ1n) is 8.40. The molecule has 1 aliphatic heterocycles. The maximum atomic E-state index is 6.47. The Bertz CT molecular complexity index is 396. The molecule has 2 rings (SSSR count). The topological polar surface area (TPSA) is 38.5 Å². The zero-order valence-corrected chi connectivity index (χ0v) is 13.6. The summed E-state index contributed by atoms with van der Waals surface area (Å²) in [4.78, 5) is 2.61. The molecule has 1 aliphatic rings. The third-order valence-electron chi connectivity index (χ3n) is 4.62. The molecular weight excluding hydrogens is 260 g/mol. The Morgan fingerprint density at radius 2 is 1.62 bits per heavy atom. The molecular formula is C18H30N2O. The second-order valence-corrected chi connectivity index (χ2v) is 6.09. The van der Waals surface area contributed by atoms with E-state index in [2.05, 4.69) is 36.1 Å². The van der Waals surface area contributed by atoms with Crippen molar-refractivity contribution in [3.05, 3.63) is 29.8 Å². The molecule has 3 heteroatoms. The third-order valence-corrected chi connectivity index (χ3v) is 4.62. The highest BCUT2D eigenvalue weighted by Crippen LogP contribution is 2.28. The lowest BCUT2D eigenvalue weighted by atomic mass is 9.94. The normalized spacial score (nSPS) is 20.3. The molecule has 1 aromatic carbocycles. The highest BCUT2D eigenvalue weighted by molar-refractivity contribution is 5.30. The summed E-state index contributed by atoms with van der Waals surface area (Å²) in [6.07, 6.45) is 7.70. The van der Waals surface area contributed by atoms with Crippen molar-refractivity contribution in [3.63, 3.8) is 0 Å². The number of nitrogens with zero attached hydrogens (tertiary/aromatic N) is 1. The average Bonchev–Trinajstić information content (AvgIpc) is 2.49. The summed E-state index contributed by atoms with van der Waals surface area (Å²) in [5.41, 5.74) is 7.79. The van der Waals surface area contributed by atoms with Crippen molar-refractivity contribution in [3.8, 4) is 5.75 Å². The molecule has 2 atom stereocenters. The van der Waals surface area contributed by atoms with Crippen molar-refractivity contribution in [2.75, 3.05) is 20.2 Å². The first-order valence-corrected chi connectivity index (χ1v) is 8.40. The average molecular weight is 290 g/mol. The lowest BCUT2D eigenvalue weighted by molar-refractivity contribution is 0.154. The second-order valence-electron chi connectivity index (χ2n) is 6.09. The van der Waals surface area contributed by atoms with Crippen LogP contribution in [0, 0.1) is 0 Å². The van der Waals surface area contributed by atoms with Crippen LogP contribution in [0.15, 0.2) is 24.3 Å². The van der Waals surface area contributed by atoms with E-state index in [0.717, 1.165) is 12.2 Å². The molecule has 118 valence electrons. The minimum absolute atomic E-state index is 0.192. The van der Waals surface area contributed by atoms with Crippen molar-refractivity contribution in [2.24, 2.45) is 5.73 Å². The number of likely N-dealkylation sites (tertiary alicyclic amines) is 1. The maximum absolute atomic E-state index is 6.47. The van der Waals surface area contributed by atoms with Crippen molar-refractivity contribution in [1.29, 1.82) is 0 Å². The zero-order chi connectivity index (χ0) is 15.1. The zero-order valence-electron chi connectivity index (χ0n) is 13.6. The molecule has 0 aliphatic carbocycles. The fourth-order valence-corrected chi connectivity index (χ4v) is 3.30. The van der Waals surface area contributed by atoms with Crippen LogP contribution >= 0.6 is 0 Å². The number of hydrogen-bond donors (Lipinski definition) is 1. The van der Waals surface area contributed by atoms with Gasteiger partial charge in [0.1, 0.15) is 5.75 Å². The summed E-state index contributed by atoms with van der Waals surface area (Å²) in [7, 11) is 1.71. The Balaban J connectivity index is 2.18. The van der Waals surface area contributed by atoms with Crippen LogP contribution < -0.4 is 10.5 Å². The van der Waals surface area contributed by atoms with E-state index in [1.807, 2.05) is 0 Å². The summed E-state index contributed by atoms with van der Waals surface area (Å²) in [6.45, 7) is 4.53. The lowest BCUT2D eigenvalue weighted by Gasteiger charge is -2.36. The number of benzene rings is 1. The monoisotopic (exact) mass is 290 g/mol. The fraction of sp³-hybridized carbons (Fsp3) is 0.667. The van der Waals surface area contributed by atoms with E-state index in [4.69, 9.17) is 10.5 Å². The Kier molecular flexibility index (Phi) is 6.52. The van der Waals surface area contributed by atoms with Gasteiger partial charge in [-0.3, -0.25) is 4.90 Å². The Hall–Kier alpha value is -1.06. The number of hydrogen-bond acceptors (Lipinski definition) is 3. The van der Waals surface area contributed by atoms with Gasteiger partial charge in [-0.25, -0.2) is 0 Å². The van der Waals surface area contributed by atoms with Crippen molar-refractivity contribution >= 4 is 0 Å². The van der Waals surface area contributed by atoms with Crippen LogP contribution in [0.5, 0.6) is 5.75 Å². The lowest BCUT2D eigenvalue weighted by Crippen LogP contribution is -2.42. The van der Waals surface area contributed by atoms with E-state index in [-0.39, 0.29) is 6.04 Å². The summed E-state index contributed by atoms with van der Waals surface area (Å²) in [5, 5.41) is 0. The molecule has 1 fully saturated rings. The molecule has 0 amide bonds. The molecule has 0 bridgehead atoms. The molecule has 3 nitrogen and oxygen atoms in total. The van der Waals surface area contributed by atoms with Crippen LogP contribution in [0.25, 0.3) is 0 Å². The summed E-state index contributed by atoms with van der Waals surface area (Å²) < 4.78 is 5.27. The molecule has 1 saturated heterocycles. The number of rotatable bonds is 5. The highest BCUT2D eigenvalue weighted by Gasteiger charge is 2.25. The van der Waals surface area contributed by atoms with Gasteiger partial charge in [-0.05, 0) is 50.0 Å². The van der Waals surface area contributed by atoms with Gasteiger partial charge in [-0.2, -0.15) is 0 Å². The van der Waals surface area contributed by atoms with E-state index < -0.39 is 0 Å². The first kappa shape index (κ1) is 16.3. The van der Waals surface area contributed by atoms with Gasteiger partial charge in [0.25, 0.3) is 0 Å². The molecule has 0 spiro atoms. The summed E-state index contributed by atoms with van der Waals surface area (Å²) in [5.74, 6) is 0.912. The Morgan fingerprint density at radius 3 is 2.14 bits per heavy atom. The van der Waals surface area contributed by atoms with E-state index in [1.54, 1.807) is 7.11 Å². The van der Waals surface area contributed by atoms with E-state index in [0.29, 0.717) is 6.04 Å². The van der Waals surface area contributed by atoms with E-state index in [9.17, 15) is 0 Å². The summed E-state index contributed by atoms with van der Waals surface area (Å²) in [6, 6.07) is 8.98. The molecule has 1 aromatic rings. The van der Waals surface area contributed by atoms with Crippen LogP contribution in [0.3, 0.4) is 0 Å². The number of methoxy groups -OCH3 is 1. The van der Waals surface area contributed by atoms with Gasteiger partial charge < -0.3 is 10.5 Å². The van der Waals surface area contributed by atoms with Crippen molar-refractivity contribution < 1.29 is 4.74 Å². The SMILES string of the molecule is CCC(N)C(c1ccc(OC)cc1)N1CCCCCCC1. The number of nitrogens with two attached hydrogens (primary N) is 1. The van der Waals surface area contributed by atoms with Crippen LogP contribution in [0.1, 0.15) is 57.1 Å². The Labute approximate surface area is 129 Å². The molecule has 2 unspecified atom stereocenters. The fourth-order valence-electron chi connectivity index (χ4n) is 3.30. The van der Waals surface area contributed by atoms with Gasteiger partial charge in [0.05, 0.1) is 7.11 Å². The van der Waals surface area contributed by atoms with Crippen LogP contribution in [-0.2, 0) is 0 Å². The Morgan fingerprint density at radius 1 is 1.05 bits per heavy atom. The quantitative estimate of drug-likeness (QED) is 0.898. The van der Waals surface area contributed by atoms with Gasteiger partial charge in [0.15, 0.2) is 0 Å². The minimum Gasteiger partial charge on any atom is -0.497 e. The van der Waals surface area contributed by atoms with Crippen LogP contribution in [0.2, 0.25) is 0 Å². The molecule has 21 heavy (non-hydrogen) atoms. The molecule has 0 radical (unpaired) electrons. The smallest absolute Gasteiger partial charge is 0.118 e. The molecule has 0 aromatic heterocycles. The molecule has 1 heterocycles. The van der Waals surface area contributed by atoms with Crippen molar-refractivity contribution in [1.82, 2.24) is 4.90 Å². The predicted molar refractivity (Wildman–Crippen MR) is 88.7 cm³/mol. The third kappa shape index (κ3) is 4.45. The van der Waals surface area contributed by atoms with Gasteiger partial charge in [0, 0.05) is 12.1 Å². The largest absolute Gasteiger partial charge is 0.497 e. The summed E-state index contributed by atoms with van der Waals surface area (Å²) >= 11 is 0. The highest BCUT2D eigenvalue weighted by atomic mass is 16.5. The second kappa shape index (κ2) is 8.40. The van der Waals surface area contributed by atoms with Gasteiger partial charge in [-0.1, -0.05) is 38.3 Å². The number of ether oxygens (including phenoxy) is 1.